The molecule has 1 aromatic rings. The van der Waals surface area contributed by atoms with Gasteiger partial charge in [0, 0.05) is 14.5 Å². The Balaban J connectivity index is 2.57. The monoisotopic (exact) mass is 382 g/mol. The van der Waals surface area contributed by atoms with E-state index in [-0.39, 0.29) is 5.97 Å². The van der Waals surface area contributed by atoms with Gasteiger partial charge in [-0.05, 0) is 59.7 Å². The van der Waals surface area contributed by atoms with Gasteiger partial charge in [-0.2, -0.15) is 0 Å². The van der Waals surface area contributed by atoms with Gasteiger partial charge in [-0.15, -0.1) is 0 Å². The first kappa shape index (κ1) is 13.0. The van der Waals surface area contributed by atoms with Crippen LogP contribution in [0.2, 0.25) is 0 Å². The predicted octanol–water partition coefficient (Wildman–Crippen LogP) is 3.55. The molecule has 0 saturated carbocycles. The molecule has 0 aliphatic carbocycles. The summed E-state index contributed by atoms with van der Waals surface area (Å²) in [6, 6.07) is 6.10. The van der Waals surface area contributed by atoms with Crippen LogP contribution in [0.15, 0.2) is 22.7 Å². The van der Waals surface area contributed by atoms with Gasteiger partial charge in [0.1, 0.15) is 0 Å². The maximum atomic E-state index is 11.2. The topological polar surface area (TPSA) is 26.3 Å². The third-order valence-corrected chi connectivity index (χ3v) is 3.36. The van der Waals surface area contributed by atoms with Crippen molar-refractivity contribution < 1.29 is 9.53 Å². The molecule has 0 radical (unpaired) electrons. The lowest BCUT2D eigenvalue weighted by molar-refractivity contribution is -0.143. The van der Waals surface area contributed by atoms with Crippen molar-refractivity contribution in [1.82, 2.24) is 0 Å². The molecule has 0 fully saturated rings. The maximum absolute atomic E-state index is 11.2. The number of hydrogen-bond acceptors (Lipinski definition) is 2. The number of halogens is 2. The van der Waals surface area contributed by atoms with E-state index in [0.29, 0.717) is 13.0 Å². The Morgan fingerprint density at radius 2 is 2.27 bits per heavy atom. The molecule has 0 N–H and O–H groups in total. The van der Waals surface area contributed by atoms with Crippen molar-refractivity contribution in [3.8, 4) is 0 Å². The van der Waals surface area contributed by atoms with Gasteiger partial charge in [0.05, 0.1) is 6.61 Å². The zero-order valence-electron chi connectivity index (χ0n) is 8.43. The minimum Gasteiger partial charge on any atom is -0.466 e. The second kappa shape index (κ2) is 6.48. The van der Waals surface area contributed by atoms with Crippen LogP contribution in [0, 0.1) is 3.57 Å². The van der Waals surface area contributed by atoms with Crippen LogP contribution in [-0.4, -0.2) is 12.6 Å². The van der Waals surface area contributed by atoms with Gasteiger partial charge >= 0.3 is 5.97 Å². The lowest BCUT2D eigenvalue weighted by Gasteiger charge is -2.05. The molecular weight excluding hydrogens is 371 g/mol. The molecule has 0 amide bonds. The molecule has 4 heteroatoms. The lowest BCUT2D eigenvalue weighted by Crippen LogP contribution is -2.05. The summed E-state index contributed by atoms with van der Waals surface area (Å²) in [4.78, 5) is 11.2. The fraction of sp³-hybridized carbons (Fsp3) is 0.364. The number of hydrogen-bond donors (Lipinski definition) is 0. The van der Waals surface area contributed by atoms with Crippen molar-refractivity contribution in [1.29, 1.82) is 0 Å². The molecule has 0 heterocycles. The van der Waals surface area contributed by atoms with Crippen molar-refractivity contribution in [2.45, 2.75) is 19.8 Å². The molecular formula is C11H12BrIO2. The average molecular weight is 383 g/mol. The Morgan fingerprint density at radius 1 is 1.53 bits per heavy atom. The first-order valence-corrected chi connectivity index (χ1v) is 6.60. The normalized spacial score (nSPS) is 10.1. The first-order chi connectivity index (χ1) is 7.13. The zero-order chi connectivity index (χ0) is 11.3. The number of carbonyl (C=O) groups excluding carboxylic acids is 1. The maximum Gasteiger partial charge on any atom is 0.306 e. The highest BCUT2D eigenvalue weighted by Crippen LogP contribution is 2.20. The molecule has 1 rings (SSSR count). The minimum absolute atomic E-state index is 0.136. The van der Waals surface area contributed by atoms with Crippen LogP contribution >= 0.6 is 38.5 Å². The van der Waals surface area contributed by atoms with Gasteiger partial charge in [-0.3, -0.25) is 4.79 Å². The van der Waals surface area contributed by atoms with E-state index in [1.54, 1.807) is 0 Å². The molecule has 0 atom stereocenters. The molecule has 0 unspecified atom stereocenters. The van der Waals surface area contributed by atoms with Gasteiger partial charge in [-0.1, -0.05) is 15.9 Å². The highest BCUT2D eigenvalue weighted by atomic mass is 127. The van der Waals surface area contributed by atoms with E-state index in [4.69, 9.17) is 4.74 Å². The standard InChI is InChI=1S/C11H12BrIO2/c1-2-15-11(14)6-3-8-7-9(13)4-5-10(8)12/h4-5,7H,2-3,6H2,1H3. The van der Waals surface area contributed by atoms with Crippen molar-refractivity contribution in [2.24, 2.45) is 0 Å². The van der Waals surface area contributed by atoms with Crippen LogP contribution in [0.25, 0.3) is 0 Å². The number of ether oxygens (including phenoxy) is 1. The smallest absolute Gasteiger partial charge is 0.306 e. The second-order valence-electron chi connectivity index (χ2n) is 3.04. The predicted molar refractivity (Wildman–Crippen MR) is 71.8 cm³/mol. The molecule has 0 aromatic heterocycles. The summed E-state index contributed by atoms with van der Waals surface area (Å²) in [7, 11) is 0. The van der Waals surface area contributed by atoms with Crippen LogP contribution in [0.5, 0.6) is 0 Å². The molecule has 0 bridgehead atoms. The van der Waals surface area contributed by atoms with E-state index in [1.807, 2.05) is 19.1 Å². The molecule has 15 heavy (non-hydrogen) atoms. The summed E-state index contributed by atoms with van der Waals surface area (Å²) >= 11 is 5.72. The molecule has 1 aromatic carbocycles. The SMILES string of the molecule is CCOC(=O)CCc1cc(I)ccc1Br. The summed E-state index contributed by atoms with van der Waals surface area (Å²) in [5.74, 6) is -0.136. The number of rotatable bonds is 4. The summed E-state index contributed by atoms with van der Waals surface area (Å²) in [5.41, 5.74) is 1.15. The lowest BCUT2D eigenvalue weighted by atomic mass is 10.1. The summed E-state index contributed by atoms with van der Waals surface area (Å²) in [5, 5.41) is 0. The van der Waals surface area contributed by atoms with E-state index in [2.05, 4.69) is 44.6 Å². The van der Waals surface area contributed by atoms with Crippen LogP contribution in [-0.2, 0) is 16.0 Å². The highest BCUT2D eigenvalue weighted by molar-refractivity contribution is 14.1. The van der Waals surface area contributed by atoms with Crippen LogP contribution in [0.3, 0.4) is 0 Å². The van der Waals surface area contributed by atoms with E-state index in [0.717, 1.165) is 16.5 Å². The fourth-order valence-corrected chi connectivity index (χ4v) is 2.21. The van der Waals surface area contributed by atoms with E-state index < -0.39 is 0 Å². The van der Waals surface area contributed by atoms with Gasteiger partial charge < -0.3 is 4.74 Å². The van der Waals surface area contributed by atoms with Gasteiger partial charge in [0.25, 0.3) is 0 Å². The quantitative estimate of drug-likeness (QED) is 0.588. The summed E-state index contributed by atoms with van der Waals surface area (Å²) in [6.07, 6.45) is 1.16. The molecule has 0 aliphatic heterocycles. The third-order valence-electron chi connectivity index (χ3n) is 1.91. The number of aryl methyl sites for hydroxylation is 1. The number of esters is 1. The second-order valence-corrected chi connectivity index (χ2v) is 5.14. The van der Waals surface area contributed by atoms with Crippen LogP contribution in [0.4, 0.5) is 0 Å². The van der Waals surface area contributed by atoms with Crippen molar-refractivity contribution in [3.05, 3.63) is 31.8 Å². The van der Waals surface area contributed by atoms with Crippen molar-refractivity contribution in [3.63, 3.8) is 0 Å². The number of carbonyl (C=O) groups is 1. The van der Waals surface area contributed by atoms with Crippen LogP contribution < -0.4 is 0 Å². The summed E-state index contributed by atoms with van der Waals surface area (Å²) in [6.45, 7) is 2.27. The van der Waals surface area contributed by atoms with Gasteiger partial charge in [0.15, 0.2) is 0 Å². The molecule has 2 nitrogen and oxygen atoms in total. The summed E-state index contributed by atoms with van der Waals surface area (Å²) < 4.78 is 7.10. The molecule has 0 spiro atoms. The van der Waals surface area contributed by atoms with Crippen molar-refractivity contribution >= 4 is 44.5 Å². The minimum atomic E-state index is -0.136. The average Bonchev–Trinajstić information content (AvgIpc) is 2.20. The Morgan fingerprint density at radius 3 is 2.93 bits per heavy atom. The molecule has 0 aliphatic rings. The van der Waals surface area contributed by atoms with E-state index in [1.165, 1.54) is 3.57 Å². The van der Waals surface area contributed by atoms with Crippen molar-refractivity contribution in [2.75, 3.05) is 6.61 Å². The van der Waals surface area contributed by atoms with E-state index >= 15 is 0 Å². The number of benzene rings is 1. The Hall–Kier alpha value is -0.100. The van der Waals surface area contributed by atoms with E-state index in [9.17, 15) is 4.79 Å². The third kappa shape index (κ3) is 4.51. The zero-order valence-corrected chi connectivity index (χ0v) is 12.2. The van der Waals surface area contributed by atoms with Gasteiger partial charge in [0.2, 0.25) is 0 Å². The highest BCUT2D eigenvalue weighted by Gasteiger charge is 2.05. The largest absolute Gasteiger partial charge is 0.466 e. The Kier molecular flexibility index (Phi) is 5.60. The Labute approximate surface area is 112 Å². The fourth-order valence-electron chi connectivity index (χ4n) is 1.20. The molecule has 0 saturated heterocycles. The molecule has 82 valence electrons. The van der Waals surface area contributed by atoms with Gasteiger partial charge in [-0.25, -0.2) is 0 Å². The Bertz CT molecular complexity index is 352. The van der Waals surface area contributed by atoms with Crippen LogP contribution in [0.1, 0.15) is 18.9 Å². The first-order valence-electron chi connectivity index (χ1n) is 4.73.